The van der Waals surface area contributed by atoms with Gasteiger partial charge in [0.15, 0.2) is 16.8 Å². The SMILES string of the molecule is Cc1ccc(-c2nnn(C(C)C(=O)Nc3nc(-c4ccc(F)c(F)c4)cs3)n2)cc1. The van der Waals surface area contributed by atoms with Gasteiger partial charge >= 0.3 is 0 Å². The molecule has 2 heterocycles. The molecule has 0 fully saturated rings. The molecule has 2 aromatic carbocycles. The van der Waals surface area contributed by atoms with E-state index in [1.54, 1.807) is 12.3 Å². The molecule has 0 saturated carbocycles. The second kappa shape index (κ2) is 8.07. The Balaban J connectivity index is 1.46. The van der Waals surface area contributed by atoms with E-state index in [9.17, 15) is 13.6 Å². The van der Waals surface area contributed by atoms with E-state index in [4.69, 9.17) is 0 Å². The molecular formula is C20H16F2N6OS. The van der Waals surface area contributed by atoms with Crippen molar-refractivity contribution in [1.82, 2.24) is 25.2 Å². The first-order chi connectivity index (χ1) is 14.4. The minimum atomic E-state index is -0.957. The minimum Gasteiger partial charge on any atom is -0.300 e. The number of amides is 1. The average molecular weight is 426 g/mol. The molecule has 4 aromatic rings. The van der Waals surface area contributed by atoms with Gasteiger partial charge in [0, 0.05) is 16.5 Å². The van der Waals surface area contributed by atoms with Crippen LogP contribution in [0.15, 0.2) is 47.8 Å². The fourth-order valence-electron chi connectivity index (χ4n) is 2.64. The summed E-state index contributed by atoms with van der Waals surface area (Å²) in [5.41, 5.74) is 2.77. The van der Waals surface area contributed by atoms with Crippen LogP contribution in [0.1, 0.15) is 18.5 Å². The highest BCUT2D eigenvalue weighted by Gasteiger charge is 2.20. The van der Waals surface area contributed by atoms with Crippen LogP contribution in [-0.2, 0) is 4.79 Å². The lowest BCUT2D eigenvalue weighted by molar-refractivity contribution is -0.119. The number of halogens is 2. The van der Waals surface area contributed by atoms with Crippen molar-refractivity contribution in [3.05, 3.63) is 65.0 Å². The molecule has 0 radical (unpaired) electrons. The van der Waals surface area contributed by atoms with E-state index in [0.29, 0.717) is 22.2 Å². The van der Waals surface area contributed by atoms with Crippen molar-refractivity contribution in [2.24, 2.45) is 0 Å². The molecule has 0 aliphatic carbocycles. The van der Waals surface area contributed by atoms with Crippen LogP contribution < -0.4 is 5.32 Å². The number of benzene rings is 2. The van der Waals surface area contributed by atoms with E-state index in [1.807, 2.05) is 31.2 Å². The molecule has 0 saturated heterocycles. The Labute approximate surface area is 174 Å². The Morgan fingerprint density at radius 2 is 1.83 bits per heavy atom. The highest BCUT2D eigenvalue weighted by Crippen LogP contribution is 2.26. The summed E-state index contributed by atoms with van der Waals surface area (Å²) in [5, 5.41) is 16.9. The largest absolute Gasteiger partial charge is 0.300 e. The minimum absolute atomic E-state index is 0.324. The lowest BCUT2D eigenvalue weighted by Crippen LogP contribution is -2.25. The Bertz CT molecular complexity index is 1200. The second-order valence-electron chi connectivity index (χ2n) is 6.63. The maximum atomic E-state index is 13.4. The van der Waals surface area contributed by atoms with Gasteiger partial charge in [-0.05, 0) is 37.3 Å². The number of nitrogens with zero attached hydrogens (tertiary/aromatic N) is 5. The number of hydrogen-bond acceptors (Lipinski definition) is 6. The zero-order valence-corrected chi connectivity index (χ0v) is 16.8. The Morgan fingerprint density at radius 3 is 2.57 bits per heavy atom. The molecule has 0 aliphatic heterocycles. The number of aromatic nitrogens is 5. The van der Waals surface area contributed by atoms with Gasteiger partial charge in [0.2, 0.25) is 5.82 Å². The molecular weight excluding hydrogens is 410 g/mol. The van der Waals surface area contributed by atoms with Crippen molar-refractivity contribution in [2.45, 2.75) is 19.9 Å². The Hall–Kier alpha value is -3.53. The third kappa shape index (κ3) is 4.08. The lowest BCUT2D eigenvalue weighted by atomic mass is 10.1. The number of carbonyl (C=O) groups is 1. The highest BCUT2D eigenvalue weighted by atomic mass is 32.1. The number of thiazole rings is 1. The van der Waals surface area contributed by atoms with Gasteiger partial charge < -0.3 is 5.32 Å². The fourth-order valence-corrected chi connectivity index (χ4v) is 3.36. The van der Waals surface area contributed by atoms with Crippen LogP contribution in [0.2, 0.25) is 0 Å². The monoisotopic (exact) mass is 426 g/mol. The van der Waals surface area contributed by atoms with Crippen molar-refractivity contribution in [3.63, 3.8) is 0 Å². The summed E-state index contributed by atoms with van der Waals surface area (Å²) in [6.45, 7) is 3.62. The zero-order valence-electron chi connectivity index (χ0n) is 16.0. The quantitative estimate of drug-likeness (QED) is 0.516. The van der Waals surface area contributed by atoms with Crippen LogP contribution in [0.25, 0.3) is 22.6 Å². The molecule has 2 aromatic heterocycles. The third-order valence-electron chi connectivity index (χ3n) is 4.41. The molecule has 152 valence electrons. The summed E-state index contributed by atoms with van der Waals surface area (Å²) in [5.74, 6) is -1.85. The molecule has 30 heavy (non-hydrogen) atoms. The highest BCUT2D eigenvalue weighted by molar-refractivity contribution is 7.14. The van der Waals surface area contributed by atoms with E-state index >= 15 is 0 Å². The van der Waals surface area contributed by atoms with Crippen LogP contribution in [0.3, 0.4) is 0 Å². The van der Waals surface area contributed by atoms with Crippen molar-refractivity contribution in [3.8, 4) is 22.6 Å². The molecule has 4 rings (SSSR count). The molecule has 10 heteroatoms. The number of tetrazole rings is 1. The molecule has 1 amide bonds. The van der Waals surface area contributed by atoms with Gasteiger partial charge in [-0.25, -0.2) is 13.8 Å². The smallest absolute Gasteiger partial charge is 0.252 e. The van der Waals surface area contributed by atoms with Gasteiger partial charge in [0.05, 0.1) is 5.69 Å². The number of anilines is 1. The van der Waals surface area contributed by atoms with Gasteiger partial charge in [0.25, 0.3) is 5.91 Å². The summed E-state index contributed by atoms with van der Waals surface area (Å²) >= 11 is 1.17. The molecule has 1 unspecified atom stereocenters. The van der Waals surface area contributed by atoms with Crippen LogP contribution in [0.5, 0.6) is 0 Å². The predicted octanol–water partition coefficient (Wildman–Crippen LogP) is 4.25. The van der Waals surface area contributed by atoms with Crippen molar-refractivity contribution in [2.75, 3.05) is 5.32 Å². The fraction of sp³-hybridized carbons (Fsp3) is 0.150. The van der Waals surface area contributed by atoms with E-state index in [-0.39, 0.29) is 5.91 Å². The van der Waals surface area contributed by atoms with E-state index in [0.717, 1.165) is 23.3 Å². The van der Waals surface area contributed by atoms with Crippen molar-refractivity contribution in [1.29, 1.82) is 0 Å². The van der Waals surface area contributed by atoms with Gasteiger partial charge in [-0.3, -0.25) is 4.79 Å². The van der Waals surface area contributed by atoms with Crippen molar-refractivity contribution < 1.29 is 13.6 Å². The summed E-state index contributed by atoms with van der Waals surface area (Å²) < 4.78 is 26.5. The van der Waals surface area contributed by atoms with Gasteiger partial charge in [-0.2, -0.15) is 4.80 Å². The number of rotatable bonds is 5. The third-order valence-corrected chi connectivity index (χ3v) is 5.17. The maximum Gasteiger partial charge on any atom is 0.252 e. The summed E-state index contributed by atoms with van der Waals surface area (Å²) in [7, 11) is 0. The molecule has 1 atom stereocenters. The maximum absolute atomic E-state index is 13.4. The Morgan fingerprint density at radius 1 is 1.10 bits per heavy atom. The number of carbonyl (C=O) groups excluding carboxylic acids is 1. The van der Waals surface area contributed by atoms with Crippen LogP contribution in [0.4, 0.5) is 13.9 Å². The van der Waals surface area contributed by atoms with Gasteiger partial charge in [-0.1, -0.05) is 29.8 Å². The van der Waals surface area contributed by atoms with E-state index in [1.165, 1.54) is 22.2 Å². The average Bonchev–Trinajstić information content (AvgIpc) is 3.40. The zero-order chi connectivity index (χ0) is 21.3. The van der Waals surface area contributed by atoms with Crippen LogP contribution in [-0.4, -0.2) is 31.1 Å². The predicted molar refractivity (Wildman–Crippen MR) is 109 cm³/mol. The summed E-state index contributed by atoms with van der Waals surface area (Å²) in [4.78, 5) is 18.1. The summed E-state index contributed by atoms with van der Waals surface area (Å²) in [6.07, 6.45) is 0. The molecule has 7 nitrogen and oxygen atoms in total. The first-order valence-electron chi connectivity index (χ1n) is 8.99. The number of hydrogen-bond donors (Lipinski definition) is 1. The topological polar surface area (TPSA) is 85.6 Å². The normalized spacial score (nSPS) is 12.0. The van der Waals surface area contributed by atoms with Crippen LogP contribution in [0, 0.1) is 18.6 Å². The van der Waals surface area contributed by atoms with Gasteiger partial charge in [-0.15, -0.1) is 21.5 Å². The molecule has 0 aliphatic rings. The molecule has 1 N–H and O–H groups in total. The summed E-state index contributed by atoms with van der Waals surface area (Å²) in [6, 6.07) is 10.4. The van der Waals surface area contributed by atoms with Crippen molar-refractivity contribution >= 4 is 22.4 Å². The van der Waals surface area contributed by atoms with Gasteiger partial charge in [0.1, 0.15) is 6.04 Å². The first kappa shape index (κ1) is 19.8. The van der Waals surface area contributed by atoms with E-state index in [2.05, 4.69) is 25.7 Å². The van der Waals surface area contributed by atoms with E-state index < -0.39 is 17.7 Å². The number of nitrogens with one attached hydrogen (secondary N) is 1. The Kier molecular flexibility index (Phi) is 5.32. The lowest BCUT2D eigenvalue weighted by Gasteiger charge is -2.08. The molecule has 0 bridgehead atoms. The standard InChI is InChI=1S/C20H16F2N6OS/c1-11-3-5-13(6-4-11)18-25-27-28(26-18)12(2)19(29)24-20-23-17(10-30-20)14-7-8-15(21)16(22)9-14/h3-10,12H,1-2H3,(H,23,24,29). The number of aryl methyl sites for hydroxylation is 1. The second-order valence-corrected chi connectivity index (χ2v) is 7.49. The molecule has 0 spiro atoms. The first-order valence-corrected chi connectivity index (χ1v) is 9.87. The van der Waals surface area contributed by atoms with Crippen LogP contribution >= 0.6 is 11.3 Å².